The van der Waals surface area contributed by atoms with E-state index < -0.39 is 5.92 Å². The minimum atomic E-state index is -0.486. The van der Waals surface area contributed by atoms with E-state index in [-0.39, 0.29) is 18.5 Å². The lowest BCUT2D eigenvalue weighted by Gasteiger charge is -2.31. The Morgan fingerprint density at radius 3 is 1.68 bits per heavy atom. The third kappa shape index (κ3) is 14.5. The van der Waals surface area contributed by atoms with Crippen LogP contribution in [0.15, 0.2) is 12.2 Å². The van der Waals surface area contributed by atoms with Crippen molar-refractivity contribution in [2.24, 2.45) is 35.5 Å². The van der Waals surface area contributed by atoms with Crippen LogP contribution in [-0.4, -0.2) is 36.9 Å². The molecule has 2 aliphatic carbocycles. The van der Waals surface area contributed by atoms with Gasteiger partial charge in [-0.25, -0.2) is 4.79 Å². The number of carbonyl (C=O) groups is 2. The highest BCUT2D eigenvalue weighted by molar-refractivity contribution is 5.86. The van der Waals surface area contributed by atoms with Crippen molar-refractivity contribution in [3.63, 3.8) is 0 Å². The van der Waals surface area contributed by atoms with Crippen LogP contribution in [0.5, 0.6) is 0 Å². The molecule has 0 aromatic rings. The lowest BCUT2D eigenvalue weighted by Crippen LogP contribution is -2.22. The molecule has 5 nitrogen and oxygen atoms in total. The molecule has 0 spiro atoms. The number of aliphatic hydroxyl groups is 1. The van der Waals surface area contributed by atoms with Gasteiger partial charge in [0.2, 0.25) is 0 Å². The van der Waals surface area contributed by atoms with Gasteiger partial charge >= 0.3 is 11.9 Å². The Morgan fingerprint density at radius 2 is 1.23 bits per heavy atom. The molecule has 40 heavy (non-hydrogen) atoms. The predicted octanol–water partition coefficient (Wildman–Crippen LogP) is 8.82. The molecule has 232 valence electrons. The normalized spacial score (nSPS) is 24.7. The Morgan fingerprint density at radius 1 is 0.775 bits per heavy atom. The van der Waals surface area contributed by atoms with E-state index in [4.69, 9.17) is 9.47 Å². The zero-order chi connectivity index (χ0) is 29.2. The summed E-state index contributed by atoms with van der Waals surface area (Å²) in [4.78, 5) is 23.8. The molecule has 2 unspecified atom stereocenters. The van der Waals surface area contributed by atoms with Gasteiger partial charge in [0.25, 0.3) is 0 Å². The van der Waals surface area contributed by atoms with E-state index in [2.05, 4.69) is 13.5 Å². The third-order valence-corrected chi connectivity index (χ3v) is 9.84. The lowest BCUT2D eigenvalue weighted by molar-refractivity contribution is -0.149. The highest BCUT2D eigenvalue weighted by Gasteiger charge is 2.25. The van der Waals surface area contributed by atoms with Gasteiger partial charge in [-0.05, 0) is 62.7 Å². The summed E-state index contributed by atoms with van der Waals surface area (Å²) in [6.07, 6.45) is 25.2. The topological polar surface area (TPSA) is 72.8 Å². The Labute approximate surface area is 246 Å². The maximum absolute atomic E-state index is 12.0. The molecule has 0 amide bonds. The second kappa shape index (κ2) is 20.5. The zero-order valence-electron chi connectivity index (χ0n) is 26.3. The summed E-state index contributed by atoms with van der Waals surface area (Å²) in [6, 6.07) is 0. The van der Waals surface area contributed by atoms with Gasteiger partial charge in [-0.15, -0.1) is 0 Å². The molecule has 2 atom stereocenters. The fourth-order valence-corrected chi connectivity index (χ4v) is 6.95. The van der Waals surface area contributed by atoms with Crippen LogP contribution >= 0.6 is 0 Å². The molecule has 0 radical (unpaired) electrons. The molecule has 5 heteroatoms. The average molecular weight is 563 g/mol. The van der Waals surface area contributed by atoms with Gasteiger partial charge in [0.15, 0.2) is 0 Å². The highest BCUT2D eigenvalue weighted by atomic mass is 16.5. The van der Waals surface area contributed by atoms with Gasteiger partial charge in [-0.1, -0.05) is 116 Å². The van der Waals surface area contributed by atoms with Crippen molar-refractivity contribution in [3.8, 4) is 0 Å². The number of unbranched alkanes of at least 4 members (excludes halogenated alkanes) is 3. The summed E-state index contributed by atoms with van der Waals surface area (Å²) in [5.41, 5.74) is 0.423. The standard InChI is InChI=1S/C35H62O5/c1-5-6-7-10-29-13-15-30(16-14-29)11-8-9-12-31-17-19-32(20-18-31)25-33(21-23-39-34(37)27(2)3)22-24-40-35(38)28(4)26-36/h28-33,36H,2,5-26H2,1,3-4H3. The Bertz CT molecular complexity index is 703. The first-order chi connectivity index (χ1) is 19.3. The summed E-state index contributed by atoms with van der Waals surface area (Å²) in [5, 5.41) is 9.17. The molecule has 2 rings (SSSR count). The molecule has 0 aliphatic heterocycles. The SMILES string of the molecule is C=C(C)C(=O)OCCC(CCOC(=O)C(C)CO)CC1CCC(CCCCC2CCC(CCCCC)CC2)CC1. The van der Waals surface area contributed by atoms with E-state index in [9.17, 15) is 14.7 Å². The average Bonchev–Trinajstić information content (AvgIpc) is 2.96. The van der Waals surface area contributed by atoms with Crippen molar-refractivity contribution in [3.05, 3.63) is 12.2 Å². The number of rotatable bonds is 20. The Hall–Kier alpha value is -1.36. The van der Waals surface area contributed by atoms with E-state index in [0.29, 0.717) is 30.6 Å². The Kier molecular flexibility index (Phi) is 17.9. The minimum Gasteiger partial charge on any atom is -0.465 e. The first-order valence-corrected chi connectivity index (χ1v) is 16.9. The molecule has 2 saturated carbocycles. The first-order valence-electron chi connectivity index (χ1n) is 16.9. The molecule has 0 aromatic carbocycles. The highest BCUT2D eigenvalue weighted by Crippen LogP contribution is 2.38. The van der Waals surface area contributed by atoms with Crippen molar-refractivity contribution in [2.45, 2.75) is 143 Å². The quantitative estimate of drug-likeness (QED) is 0.0911. The van der Waals surface area contributed by atoms with E-state index in [1.165, 1.54) is 103 Å². The van der Waals surface area contributed by atoms with Crippen molar-refractivity contribution >= 4 is 11.9 Å². The lowest BCUT2D eigenvalue weighted by atomic mass is 9.75. The van der Waals surface area contributed by atoms with Crippen LogP contribution < -0.4 is 0 Å². The van der Waals surface area contributed by atoms with Gasteiger partial charge < -0.3 is 14.6 Å². The van der Waals surface area contributed by atoms with Crippen LogP contribution in [-0.2, 0) is 19.1 Å². The number of hydrogen-bond acceptors (Lipinski definition) is 5. The van der Waals surface area contributed by atoms with Crippen molar-refractivity contribution in [2.75, 3.05) is 19.8 Å². The van der Waals surface area contributed by atoms with E-state index in [1.54, 1.807) is 13.8 Å². The maximum atomic E-state index is 12.0. The first kappa shape index (κ1) is 34.8. The van der Waals surface area contributed by atoms with E-state index in [0.717, 1.165) is 37.0 Å². The fraction of sp³-hybridized carbons (Fsp3) is 0.886. The second-order valence-corrected chi connectivity index (χ2v) is 13.4. The van der Waals surface area contributed by atoms with Crippen LogP contribution in [0.3, 0.4) is 0 Å². The smallest absolute Gasteiger partial charge is 0.333 e. The summed E-state index contributed by atoms with van der Waals surface area (Å²) in [7, 11) is 0. The number of ether oxygens (including phenoxy) is 2. The van der Waals surface area contributed by atoms with Crippen LogP contribution in [0, 0.1) is 35.5 Å². The molecular formula is C35H62O5. The van der Waals surface area contributed by atoms with Crippen LogP contribution in [0.4, 0.5) is 0 Å². The van der Waals surface area contributed by atoms with Crippen LogP contribution in [0.25, 0.3) is 0 Å². The summed E-state index contributed by atoms with van der Waals surface area (Å²) >= 11 is 0. The van der Waals surface area contributed by atoms with Crippen molar-refractivity contribution < 1.29 is 24.2 Å². The van der Waals surface area contributed by atoms with Crippen molar-refractivity contribution in [1.29, 1.82) is 0 Å². The molecule has 0 bridgehead atoms. The monoisotopic (exact) mass is 562 g/mol. The minimum absolute atomic E-state index is 0.192. The molecule has 0 aromatic heterocycles. The molecule has 2 aliphatic rings. The molecule has 1 N–H and O–H groups in total. The van der Waals surface area contributed by atoms with Crippen LogP contribution in [0.1, 0.15) is 143 Å². The molecule has 0 saturated heterocycles. The summed E-state index contributed by atoms with van der Waals surface area (Å²) in [6.45, 7) is 9.86. The van der Waals surface area contributed by atoms with Gasteiger partial charge in [-0.3, -0.25) is 4.79 Å². The van der Waals surface area contributed by atoms with Gasteiger partial charge in [-0.2, -0.15) is 0 Å². The maximum Gasteiger partial charge on any atom is 0.333 e. The number of aliphatic hydroxyl groups excluding tert-OH is 1. The van der Waals surface area contributed by atoms with E-state index >= 15 is 0 Å². The number of carbonyl (C=O) groups excluding carboxylic acids is 2. The zero-order valence-corrected chi connectivity index (χ0v) is 26.3. The number of hydrogen-bond donors (Lipinski definition) is 1. The van der Waals surface area contributed by atoms with Gasteiger partial charge in [0.05, 0.1) is 25.7 Å². The molecule has 2 fully saturated rings. The second-order valence-electron chi connectivity index (χ2n) is 13.4. The number of esters is 2. The van der Waals surface area contributed by atoms with Crippen molar-refractivity contribution in [1.82, 2.24) is 0 Å². The predicted molar refractivity (Wildman–Crippen MR) is 164 cm³/mol. The van der Waals surface area contributed by atoms with Crippen LogP contribution in [0.2, 0.25) is 0 Å². The summed E-state index contributed by atoms with van der Waals surface area (Å²) in [5.74, 6) is 2.81. The van der Waals surface area contributed by atoms with Gasteiger partial charge in [0.1, 0.15) is 0 Å². The molecular weight excluding hydrogens is 500 g/mol. The third-order valence-electron chi connectivity index (χ3n) is 9.84. The largest absolute Gasteiger partial charge is 0.465 e. The fourth-order valence-electron chi connectivity index (χ4n) is 6.95. The summed E-state index contributed by atoms with van der Waals surface area (Å²) < 4.78 is 10.8. The van der Waals surface area contributed by atoms with E-state index in [1.807, 2.05) is 0 Å². The molecule has 0 heterocycles. The van der Waals surface area contributed by atoms with Gasteiger partial charge in [0, 0.05) is 5.57 Å². The Balaban J connectivity index is 1.63.